The first-order chi connectivity index (χ1) is 15.1. The number of nitrogens with zero attached hydrogens (tertiary/aromatic N) is 2. The number of aryl methyl sites for hydroxylation is 1. The van der Waals surface area contributed by atoms with Gasteiger partial charge in [-0.2, -0.15) is 0 Å². The van der Waals surface area contributed by atoms with Gasteiger partial charge in [0.25, 0.3) is 0 Å². The lowest BCUT2D eigenvalue weighted by Gasteiger charge is -2.31. The third-order valence-corrected chi connectivity index (χ3v) is 5.38. The fraction of sp³-hybridized carbons (Fsp3) is 0.480. The molecule has 31 heavy (non-hydrogen) atoms. The molecule has 1 fully saturated rings. The number of ether oxygens (including phenoxy) is 2. The molecule has 1 heterocycles. The van der Waals surface area contributed by atoms with Crippen molar-refractivity contribution in [2.24, 2.45) is 4.99 Å². The maximum absolute atomic E-state index is 5.78. The van der Waals surface area contributed by atoms with Crippen molar-refractivity contribution in [3.63, 3.8) is 0 Å². The number of benzene rings is 2. The molecule has 168 valence electrons. The molecule has 0 saturated carbocycles. The van der Waals surface area contributed by atoms with E-state index in [1.807, 2.05) is 6.92 Å². The lowest BCUT2D eigenvalue weighted by molar-refractivity contribution is -0.0212. The fourth-order valence-corrected chi connectivity index (χ4v) is 3.81. The Bertz CT molecular complexity index is 868. The lowest BCUT2D eigenvalue weighted by atomic mass is 10.1. The lowest BCUT2D eigenvalue weighted by Crippen LogP contribution is -2.40. The zero-order chi connectivity index (χ0) is 22.1. The van der Waals surface area contributed by atoms with Crippen LogP contribution < -0.4 is 15.4 Å². The molecule has 6 heteroatoms. The van der Waals surface area contributed by atoms with Gasteiger partial charge in [0.2, 0.25) is 0 Å². The summed E-state index contributed by atoms with van der Waals surface area (Å²) in [6.07, 6.45) is 0.310. The summed E-state index contributed by atoms with van der Waals surface area (Å²) in [5.41, 5.74) is 4.89. The van der Waals surface area contributed by atoms with Crippen LogP contribution in [0.2, 0.25) is 0 Å². The quantitative estimate of drug-likeness (QED) is 0.502. The summed E-state index contributed by atoms with van der Waals surface area (Å²) in [5.74, 6) is 1.70. The number of nitrogens with one attached hydrogen (secondary N) is 2. The average Bonchev–Trinajstić information content (AvgIpc) is 2.75. The van der Waals surface area contributed by atoms with Crippen molar-refractivity contribution in [1.29, 1.82) is 0 Å². The van der Waals surface area contributed by atoms with Crippen LogP contribution in [-0.2, 0) is 24.4 Å². The van der Waals surface area contributed by atoms with Crippen LogP contribution in [-0.4, -0.2) is 50.3 Å². The molecular weight excluding hydrogens is 388 g/mol. The Morgan fingerprint density at radius 3 is 2.74 bits per heavy atom. The van der Waals surface area contributed by atoms with E-state index >= 15 is 0 Å². The van der Waals surface area contributed by atoms with E-state index in [4.69, 9.17) is 9.47 Å². The van der Waals surface area contributed by atoms with E-state index in [9.17, 15) is 0 Å². The van der Waals surface area contributed by atoms with Gasteiger partial charge >= 0.3 is 0 Å². The van der Waals surface area contributed by atoms with Gasteiger partial charge in [0.05, 0.1) is 19.3 Å². The first-order valence-electron chi connectivity index (χ1n) is 11.2. The van der Waals surface area contributed by atoms with Crippen LogP contribution >= 0.6 is 0 Å². The molecule has 2 N–H and O–H groups in total. The molecule has 0 amide bonds. The number of hydrogen-bond acceptors (Lipinski definition) is 4. The normalized spacial score (nSPS) is 17.4. The Balaban J connectivity index is 1.53. The van der Waals surface area contributed by atoms with Crippen LogP contribution in [0.4, 0.5) is 0 Å². The topological polar surface area (TPSA) is 58.1 Å². The van der Waals surface area contributed by atoms with Crippen molar-refractivity contribution in [3.05, 3.63) is 64.7 Å². The van der Waals surface area contributed by atoms with Crippen molar-refractivity contribution in [2.75, 3.05) is 33.4 Å². The predicted octanol–water partition coefficient (Wildman–Crippen LogP) is 3.48. The van der Waals surface area contributed by atoms with E-state index in [-0.39, 0.29) is 0 Å². The SMILES string of the molecule is CCOc1cc(C)ccc1CNC(=NC)NCc1cccc(CN2CCOC(C)C2)c1. The standard InChI is InChI=1S/C25H36N4O2/c1-5-30-24-13-19(2)9-10-23(24)16-28-25(26-4)27-15-21-7-6-8-22(14-21)18-29-11-12-31-20(3)17-29/h6-10,13-14,20H,5,11-12,15-18H2,1-4H3,(H2,26,27,28). The number of guanidine groups is 1. The highest BCUT2D eigenvalue weighted by Crippen LogP contribution is 2.20. The third kappa shape index (κ3) is 7.26. The second kappa shape index (κ2) is 11.7. The molecule has 2 aromatic carbocycles. The van der Waals surface area contributed by atoms with Crippen molar-refractivity contribution in [2.45, 2.75) is 46.5 Å². The minimum atomic E-state index is 0.310. The third-order valence-electron chi connectivity index (χ3n) is 5.38. The Kier molecular flexibility index (Phi) is 8.74. The van der Waals surface area contributed by atoms with Crippen LogP contribution in [0.15, 0.2) is 47.5 Å². The van der Waals surface area contributed by atoms with Crippen molar-refractivity contribution >= 4 is 5.96 Å². The molecular formula is C25H36N4O2. The summed E-state index contributed by atoms with van der Waals surface area (Å²) in [7, 11) is 1.80. The molecule has 0 bridgehead atoms. The summed E-state index contributed by atoms with van der Waals surface area (Å²) in [6, 6.07) is 15.0. The minimum absolute atomic E-state index is 0.310. The number of aliphatic imine (C=N–C) groups is 1. The highest BCUT2D eigenvalue weighted by Gasteiger charge is 2.16. The second-order valence-corrected chi connectivity index (χ2v) is 8.06. The highest BCUT2D eigenvalue weighted by molar-refractivity contribution is 5.79. The Morgan fingerprint density at radius 2 is 1.97 bits per heavy atom. The first kappa shape index (κ1) is 23.1. The van der Waals surface area contributed by atoms with Crippen LogP contribution in [0, 0.1) is 6.92 Å². The molecule has 2 aromatic rings. The van der Waals surface area contributed by atoms with Crippen LogP contribution in [0.3, 0.4) is 0 Å². The summed E-state index contributed by atoms with van der Waals surface area (Å²) < 4.78 is 11.4. The number of hydrogen-bond donors (Lipinski definition) is 2. The van der Waals surface area contributed by atoms with E-state index in [0.29, 0.717) is 19.3 Å². The van der Waals surface area contributed by atoms with Gasteiger partial charge in [0.1, 0.15) is 5.75 Å². The molecule has 1 saturated heterocycles. The fourth-order valence-electron chi connectivity index (χ4n) is 3.81. The molecule has 0 aliphatic carbocycles. The first-order valence-corrected chi connectivity index (χ1v) is 11.2. The number of rotatable bonds is 8. The van der Waals surface area contributed by atoms with Crippen molar-refractivity contribution in [3.8, 4) is 5.75 Å². The zero-order valence-corrected chi connectivity index (χ0v) is 19.3. The summed E-state index contributed by atoms with van der Waals surface area (Å²) >= 11 is 0. The van der Waals surface area contributed by atoms with Crippen LogP contribution in [0.1, 0.15) is 36.1 Å². The van der Waals surface area contributed by atoms with Gasteiger partial charge in [-0.25, -0.2) is 0 Å². The average molecular weight is 425 g/mol. The molecule has 0 spiro atoms. The maximum Gasteiger partial charge on any atom is 0.191 e. The Labute approximate surface area is 186 Å². The van der Waals surface area contributed by atoms with E-state index in [2.05, 4.69) is 76.8 Å². The molecule has 1 aliphatic rings. The van der Waals surface area contributed by atoms with Gasteiger partial charge in [-0.1, -0.05) is 36.4 Å². The van der Waals surface area contributed by atoms with E-state index < -0.39 is 0 Å². The van der Waals surface area contributed by atoms with E-state index in [1.165, 1.54) is 16.7 Å². The van der Waals surface area contributed by atoms with Gasteiger partial charge in [-0.3, -0.25) is 9.89 Å². The largest absolute Gasteiger partial charge is 0.494 e. The number of morpholine rings is 1. The van der Waals surface area contributed by atoms with Gasteiger partial charge < -0.3 is 20.1 Å². The molecule has 6 nitrogen and oxygen atoms in total. The van der Waals surface area contributed by atoms with Gasteiger partial charge in [0, 0.05) is 45.3 Å². The molecule has 1 aliphatic heterocycles. The molecule has 0 aromatic heterocycles. The molecule has 0 radical (unpaired) electrons. The Hall–Kier alpha value is -2.57. The molecule has 3 rings (SSSR count). The molecule has 1 unspecified atom stereocenters. The summed E-state index contributed by atoms with van der Waals surface area (Å²) in [4.78, 5) is 6.82. The van der Waals surface area contributed by atoms with E-state index in [1.54, 1.807) is 7.05 Å². The van der Waals surface area contributed by atoms with Crippen molar-refractivity contribution in [1.82, 2.24) is 15.5 Å². The maximum atomic E-state index is 5.78. The van der Waals surface area contributed by atoms with Crippen LogP contribution in [0.5, 0.6) is 5.75 Å². The van der Waals surface area contributed by atoms with Gasteiger partial charge in [-0.15, -0.1) is 0 Å². The smallest absolute Gasteiger partial charge is 0.191 e. The predicted molar refractivity (Wildman–Crippen MR) is 127 cm³/mol. The summed E-state index contributed by atoms with van der Waals surface area (Å²) in [5, 5.41) is 6.82. The minimum Gasteiger partial charge on any atom is -0.494 e. The van der Waals surface area contributed by atoms with Gasteiger partial charge in [0.15, 0.2) is 5.96 Å². The van der Waals surface area contributed by atoms with Gasteiger partial charge in [-0.05, 0) is 43.5 Å². The van der Waals surface area contributed by atoms with E-state index in [0.717, 1.165) is 50.1 Å². The molecule has 1 atom stereocenters. The Morgan fingerprint density at radius 1 is 1.16 bits per heavy atom. The zero-order valence-electron chi connectivity index (χ0n) is 19.3. The summed E-state index contributed by atoms with van der Waals surface area (Å²) in [6.45, 7) is 12.0. The second-order valence-electron chi connectivity index (χ2n) is 8.06. The van der Waals surface area contributed by atoms with Crippen molar-refractivity contribution < 1.29 is 9.47 Å². The van der Waals surface area contributed by atoms with Crippen LogP contribution in [0.25, 0.3) is 0 Å². The highest BCUT2D eigenvalue weighted by atomic mass is 16.5. The monoisotopic (exact) mass is 424 g/mol.